The lowest BCUT2D eigenvalue weighted by Crippen LogP contribution is -2.12. The lowest BCUT2D eigenvalue weighted by molar-refractivity contribution is -0.385. The first-order valence-electron chi connectivity index (χ1n) is 7.05. The molecule has 0 fully saturated rings. The van der Waals surface area contributed by atoms with Crippen molar-refractivity contribution in [1.29, 1.82) is 0 Å². The fourth-order valence-corrected chi connectivity index (χ4v) is 2.65. The van der Waals surface area contributed by atoms with Crippen molar-refractivity contribution >= 4 is 33.2 Å². The summed E-state index contributed by atoms with van der Waals surface area (Å²) in [6.45, 7) is 1.86. The minimum Gasteiger partial charge on any atom is -0.322 e. The van der Waals surface area contributed by atoms with E-state index >= 15 is 0 Å². The summed E-state index contributed by atoms with van der Waals surface area (Å²) in [6, 6.07) is 9.44. The molecule has 1 amide bonds. The molecular weight excluding hydrogens is 392 g/mol. The number of carbonyl (C=O) groups excluding carboxylic acids is 1. The van der Waals surface area contributed by atoms with Gasteiger partial charge in [-0.25, -0.2) is 4.68 Å². The van der Waals surface area contributed by atoms with Gasteiger partial charge in [-0.05, 0) is 69.2 Å². The average Bonchev–Trinajstić information content (AvgIpc) is 3.09. The van der Waals surface area contributed by atoms with Crippen LogP contribution >= 0.6 is 15.9 Å². The molecule has 0 saturated heterocycles. The molecule has 25 heavy (non-hydrogen) atoms. The summed E-state index contributed by atoms with van der Waals surface area (Å²) in [5, 5.41) is 24.7. The fourth-order valence-electron chi connectivity index (χ4n) is 2.26. The second kappa shape index (κ2) is 6.77. The number of nitro benzene ring substituents is 1. The lowest BCUT2D eigenvalue weighted by atomic mass is 10.1. The third kappa shape index (κ3) is 3.53. The van der Waals surface area contributed by atoms with Crippen LogP contribution < -0.4 is 5.32 Å². The minimum atomic E-state index is -0.550. The Morgan fingerprint density at radius 3 is 2.72 bits per heavy atom. The van der Waals surface area contributed by atoms with Gasteiger partial charge in [-0.3, -0.25) is 14.9 Å². The van der Waals surface area contributed by atoms with E-state index in [0.717, 1.165) is 11.3 Å². The Hall–Kier alpha value is -3.14. The highest BCUT2D eigenvalue weighted by molar-refractivity contribution is 9.10. The Balaban J connectivity index is 1.83. The van der Waals surface area contributed by atoms with Gasteiger partial charge in [-0.2, -0.15) is 0 Å². The topological polar surface area (TPSA) is 116 Å². The first kappa shape index (κ1) is 16.7. The number of hydrogen-bond donors (Lipinski definition) is 1. The third-order valence-electron chi connectivity index (χ3n) is 3.46. The van der Waals surface area contributed by atoms with Crippen LogP contribution in [0.2, 0.25) is 0 Å². The zero-order valence-corrected chi connectivity index (χ0v) is 14.5. The molecule has 10 heteroatoms. The molecule has 0 aliphatic heterocycles. The number of benzene rings is 2. The number of aromatic nitrogens is 4. The Kier molecular flexibility index (Phi) is 4.52. The maximum atomic E-state index is 12.3. The van der Waals surface area contributed by atoms with Gasteiger partial charge in [0.2, 0.25) is 0 Å². The molecule has 0 bridgehead atoms. The molecule has 1 N–H and O–H groups in total. The van der Waals surface area contributed by atoms with Crippen molar-refractivity contribution in [2.24, 2.45) is 0 Å². The molecule has 126 valence electrons. The van der Waals surface area contributed by atoms with E-state index in [1.165, 1.54) is 29.2 Å². The largest absolute Gasteiger partial charge is 0.322 e. The third-order valence-corrected chi connectivity index (χ3v) is 4.13. The molecule has 3 aromatic rings. The molecule has 0 aliphatic rings. The molecule has 0 saturated carbocycles. The number of nitrogens with one attached hydrogen (secondary N) is 1. The van der Waals surface area contributed by atoms with Crippen molar-refractivity contribution in [3.8, 4) is 5.69 Å². The van der Waals surface area contributed by atoms with Crippen LogP contribution in [0.1, 0.15) is 15.9 Å². The quantitative estimate of drug-likeness (QED) is 0.529. The molecule has 0 atom stereocenters. The van der Waals surface area contributed by atoms with E-state index < -0.39 is 10.8 Å². The zero-order valence-electron chi connectivity index (χ0n) is 12.9. The second-order valence-electron chi connectivity index (χ2n) is 5.13. The summed E-state index contributed by atoms with van der Waals surface area (Å²) in [4.78, 5) is 22.8. The van der Waals surface area contributed by atoms with Gasteiger partial charge in [0, 0.05) is 17.3 Å². The number of aryl methyl sites for hydroxylation is 1. The van der Waals surface area contributed by atoms with Crippen LogP contribution in [-0.2, 0) is 0 Å². The van der Waals surface area contributed by atoms with Crippen molar-refractivity contribution in [3.05, 3.63) is 68.4 Å². The van der Waals surface area contributed by atoms with E-state index in [4.69, 9.17) is 0 Å². The molecule has 0 radical (unpaired) electrons. The molecule has 1 heterocycles. The summed E-state index contributed by atoms with van der Waals surface area (Å²) in [5.74, 6) is -0.440. The van der Waals surface area contributed by atoms with Crippen molar-refractivity contribution in [2.75, 3.05) is 5.32 Å². The molecule has 0 unspecified atom stereocenters. The van der Waals surface area contributed by atoms with Crippen LogP contribution in [0.3, 0.4) is 0 Å². The van der Waals surface area contributed by atoms with Crippen molar-refractivity contribution < 1.29 is 9.72 Å². The van der Waals surface area contributed by atoms with E-state index in [0.29, 0.717) is 10.2 Å². The molecule has 3 rings (SSSR count). The first-order chi connectivity index (χ1) is 12.0. The maximum Gasteiger partial charge on any atom is 0.284 e. The van der Waals surface area contributed by atoms with Crippen LogP contribution in [0.4, 0.5) is 11.4 Å². The minimum absolute atomic E-state index is 0.169. The summed E-state index contributed by atoms with van der Waals surface area (Å²) < 4.78 is 1.83. The fraction of sp³-hybridized carbons (Fsp3) is 0.0667. The Morgan fingerprint density at radius 1 is 1.28 bits per heavy atom. The van der Waals surface area contributed by atoms with E-state index in [2.05, 4.69) is 36.8 Å². The van der Waals surface area contributed by atoms with Gasteiger partial charge >= 0.3 is 0 Å². The van der Waals surface area contributed by atoms with Crippen LogP contribution in [-0.4, -0.2) is 31.0 Å². The van der Waals surface area contributed by atoms with Crippen molar-refractivity contribution in [3.63, 3.8) is 0 Å². The summed E-state index contributed by atoms with van der Waals surface area (Å²) in [7, 11) is 0. The highest BCUT2D eigenvalue weighted by atomic mass is 79.9. The monoisotopic (exact) mass is 402 g/mol. The number of carbonyl (C=O) groups is 1. The molecule has 0 aliphatic carbocycles. The number of amides is 1. The molecule has 9 nitrogen and oxygen atoms in total. The van der Waals surface area contributed by atoms with Gasteiger partial charge in [0.05, 0.1) is 15.1 Å². The highest BCUT2D eigenvalue weighted by Gasteiger charge is 2.16. The molecule has 0 spiro atoms. The van der Waals surface area contributed by atoms with Crippen LogP contribution in [0.25, 0.3) is 5.69 Å². The van der Waals surface area contributed by atoms with Crippen molar-refractivity contribution in [2.45, 2.75) is 6.92 Å². The zero-order chi connectivity index (χ0) is 18.0. The van der Waals surface area contributed by atoms with Crippen LogP contribution in [0, 0.1) is 17.0 Å². The number of hydrogen-bond acceptors (Lipinski definition) is 6. The van der Waals surface area contributed by atoms with E-state index in [1.54, 1.807) is 18.2 Å². The number of nitro groups is 1. The number of nitrogens with zero attached hydrogens (tertiary/aromatic N) is 5. The van der Waals surface area contributed by atoms with Gasteiger partial charge in [-0.1, -0.05) is 0 Å². The molecular formula is C15H11BrN6O3. The Morgan fingerprint density at radius 2 is 2.08 bits per heavy atom. The Bertz CT molecular complexity index is 958. The smallest absolute Gasteiger partial charge is 0.284 e. The Labute approximate surface area is 149 Å². The summed E-state index contributed by atoms with van der Waals surface area (Å²) in [6.07, 6.45) is 1.47. The van der Waals surface area contributed by atoms with Gasteiger partial charge in [0.1, 0.15) is 6.33 Å². The number of rotatable bonds is 4. The standard InChI is InChI=1S/C15H11BrN6O3/c1-9-6-11(3-5-13(9)21-8-17-19-20-21)18-15(23)10-2-4-12(16)14(7-10)22(24)25/h2-8H,1H3,(H,18,23). The van der Waals surface area contributed by atoms with Gasteiger partial charge < -0.3 is 5.32 Å². The van der Waals surface area contributed by atoms with Crippen molar-refractivity contribution in [1.82, 2.24) is 20.2 Å². The second-order valence-corrected chi connectivity index (χ2v) is 5.99. The molecule has 1 aromatic heterocycles. The van der Waals surface area contributed by atoms with Crippen LogP contribution in [0.5, 0.6) is 0 Å². The predicted molar refractivity (Wildman–Crippen MR) is 92.6 cm³/mol. The highest BCUT2D eigenvalue weighted by Crippen LogP contribution is 2.26. The normalized spacial score (nSPS) is 10.5. The van der Waals surface area contributed by atoms with Gasteiger partial charge in [-0.15, -0.1) is 5.10 Å². The SMILES string of the molecule is Cc1cc(NC(=O)c2ccc(Br)c([N+](=O)[O-])c2)ccc1-n1cnnn1. The van der Waals surface area contributed by atoms with E-state index in [9.17, 15) is 14.9 Å². The van der Waals surface area contributed by atoms with Gasteiger partial charge in [0.25, 0.3) is 11.6 Å². The maximum absolute atomic E-state index is 12.3. The number of halogens is 1. The number of anilines is 1. The van der Waals surface area contributed by atoms with E-state index in [-0.39, 0.29) is 11.3 Å². The van der Waals surface area contributed by atoms with Gasteiger partial charge in [0.15, 0.2) is 0 Å². The molecule has 2 aromatic carbocycles. The lowest BCUT2D eigenvalue weighted by Gasteiger charge is -2.09. The predicted octanol–water partition coefficient (Wildman–Crippen LogP) is 2.89. The average molecular weight is 403 g/mol. The van der Waals surface area contributed by atoms with E-state index in [1.807, 2.05) is 6.92 Å². The summed E-state index contributed by atoms with van der Waals surface area (Å²) in [5.41, 5.74) is 2.22. The summed E-state index contributed by atoms with van der Waals surface area (Å²) >= 11 is 3.09. The van der Waals surface area contributed by atoms with Crippen LogP contribution in [0.15, 0.2) is 47.2 Å². The number of tetrazole rings is 1. The first-order valence-corrected chi connectivity index (χ1v) is 7.84.